The first-order valence-corrected chi connectivity index (χ1v) is 12.9. The first-order valence-electron chi connectivity index (χ1n) is 11.0. The second-order valence-electron chi connectivity index (χ2n) is 8.02. The molecule has 2 aromatic carbocycles. The number of amides is 2. The molecule has 2 heterocycles. The maximum absolute atomic E-state index is 12.9. The van der Waals surface area contributed by atoms with Crippen molar-refractivity contribution < 1.29 is 22.7 Å². The molecule has 0 radical (unpaired) electrons. The van der Waals surface area contributed by atoms with E-state index in [1.54, 1.807) is 17.0 Å². The van der Waals surface area contributed by atoms with Gasteiger partial charge in [-0.05, 0) is 17.2 Å². The predicted octanol–water partition coefficient (Wildman–Crippen LogP) is 2.79. The van der Waals surface area contributed by atoms with E-state index in [0.717, 1.165) is 11.1 Å². The molecular weight excluding hydrogens is 466 g/mol. The van der Waals surface area contributed by atoms with Crippen LogP contribution < -0.4 is 5.32 Å². The molecule has 2 fully saturated rings. The normalized spacial score (nSPS) is 19.9. The molecule has 178 valence electrons. The third kappa shape index (κ3) is 6.04. The summed E-state index contributed by atoms with van der Waals surface area (Å²) in [4.78, 5) is 14.6. The Morgan fingerprint density at radius 2 is 1.70 bits per heavy atom. The first-order chi connectivity index (χ1) is 15.9. The predicted molar refractivity (Wildman–Crippen MR) is 125 cm³/mol. The number of urea groups is 1. The molecule has 0 aromatic heterocycles. The largest absolute Gasteiger partial charge is 0.379 e. The monoisotopic (exact) mass is 493 g/mol. The summed E-state index contributed by atoms with van der Waals surface area (Å²) < 4.78 is 38.2. The summed E-state index contributed by atoms with van der Waals surface area (Å²) in [6, 6.07) is 14.5. The fraction of sp³-hybridized carbons (Fsp3) is 0.435. The average molecular weight is 494 g/mol. The zero-order valence-electron chi connectivity index (χ0n) is 18.3. The lowest BCUT2D eigenvalue weighted by atomic mass is 10.1. The summed E-state index contributed by atoms with van der Waals surface area (Å²) in [5.41, 5.74) is 2.31. The van der Waals surface area contributed by atoms with Crippen molar-refractivity contribution >= 4 is 27.7 Å². The first kappa shape index (κ1) is 24.0. The molecule has 2 aromatic rings. The van der Waals surface area contributed by atoms with Crippen molar-refractivity contribution in [1.82, 2.24) is 14.5 Å². The highest BCUT2D eigenvalue weighted by Crippen LogP contribution is 2.28. The van der Waals surface area contributed by atoms with Crippen molar-refractivity contribution in [2.24, 2.45) is 0 Å². The Kier molecular flexibility index (Phi) is 7.87. The Bertz CT molecular complexity index is 1080. The molecule has 10 heteroatoms. The number of carbonyl (C=O) groups is 1. The van der Waals surface area contributed by atoms with Crippen LogP contribution in [-0.4, -0.2) is 69.7 Å². The highest BCUT2D eigenvalue weighted by Gasteiger charge is 2.28. The molecule has 2 aliphatic rings. The molecule has 33 heavy (non-hydrogen) atoms. The Balaban J connectivity index is 1.38. The van der Waals surface area contributed by atoms with Gasteiger partial charge >= 0.3 is 6.03 Å². The van der Waals surface area contributed by atoms with Gasteiger partial charge in [-0.2, -0.15) is 4.31 Å². The fourth-order valence-electron chi connectivity index (χ4n) is 4.02. The van der Waals surface area contributed by atoms with E-state index < -0.39 is 10.0 Å². The van der Waals surface area contributed by atoms with Crippen LogP contribution in [0.15, 0.2) is 48.5 Å². The molecule has 2 amide bonds. The smallest absolute Gasteiger partial charge is 0.317 e. The van der Waals surface area contributed by atoms with Crippen molar-refractivity contribution in [2.75, 3.05) is 46.0 Å². The van der Waals surface area contributed by atoms with Crippen molar-refractivity contribution in [2.45, 2.75) is 18.4 Å². The van der Waals surface area contributed by atoms with Crippen molar-refractivity contribution in [1.29, 1.82) is 0 Å². The molecule has 8 nitrogen and oxygen atoms in total. The van der Waals surface area contributed by atoms with E-state index in [1.165, 1.54) is 4.31 Å². The molecule has 0 spiro atoms. The zero-order chi connectivity index (χ0) is 23.3. The number of hydrogen-bond donors (Lipinski definition) is 1. The quantitative estimate of drug-likeness (QED) is 0.668. The highest BCUT2D eigenvalue weighted by molar-refractivity contribution is 7.88. The molecule has 0 saturated carbocycles. The van der Waals surface area contributed by atoms with Crippen LogP contribution in [-0.2, 0) is 31.8 Å². The Labute approximate surface area is 199 Å². The number of nitrogens with zero attached hydrogens (tertiary/aromatic N) is 2. The third-order valence-corrected chi connectivity index (χ3v) is 8.03. The Hall–Kier alpha value is -2.17. The van der Waals surface area contributed by atoms with Crippen LogP contribution in [0.2, 0.25) is 5.02 Å². The van der Waals surface area contributed by atoms with Crippen molar-refractivity contribution in [3.63, 3.8) is 0 Å². The van der Waals surface area contributed by atoms with Gasteiger partial charge < -0.3 is 19.7 Å². The summed E-state index contributed by atoms with van der Waals surface area (Å²) in [5, 5.41) is 3.54. The van der Waals surface area contributed by atoms with Crippen LogP contribution in [0.3, 0.4) is 0 Å². The van der Waals surface area contributed by atoms with Gasteiger partial charge in [0.05, 0.1) is 32.1 Å². The molecular formula is C23H28ClN3O5S. The number of rotatable bonds is 6. The summed E-state index contributed by atoms with van der Waals surface area (Å²) in [5.74, 6) is -0.106. The van der Waals surface area contributed by atoms with Crippen molar-refractivity contribution in [3.8, 4) is 0 Å². The average Bonchev–Trinajstić information content (AvgIpc) is 2.84. The molecule has 1 N–H and O–H groups in total. The summed E-state index contributed by atoms with van der Waals surface area (Å²) >= 11 is 6.29. The highest BCUT2D eigenvalue weighted by atomic mass is 35.5. The minimum Gasteiger partial charge on any atom is -0.379 e. The molecule has 2 saturated heterocycles. The van der Waals surface area contributed by atoms with Gasteiger partial charge in [-0.1, -0.05) is 54.1 Å². The molecule has 1 unspecified atom stereocenters. The maximum Gasteiger partial charge on any atom is 0.317 e. The van der Waals surface area contributed by atoms with Crippen LogP contribution in [0, 0.1) is 0 Å². The zero-order valence-corrected chi connectivity index (χ0v) is 19.9. The van der Waals surface area contributed by atoms with Crippen molar-refractivity contribution in [3.05, 3.63) is 70.2 Å². The van der Waals surface area contributed by atoms with Crippen LogP contribution in [0.1, 0.15) is 22.8 Å². The topological polar surface area (TPSA) is 88.2 Å². The minimum absolute atomic E-state index is 0.106. The van der Waals surface area contributed by atoms with Gasteiger partial charge in [-0.15, -0.1) is 0 Å². The Morgan fingerprint density at radius 3 is 2.45 bits per heavy atom. The lowest BCUT2D eigenvalue weighted by Gasteiger charge is -2.33. The van der Waals surface area contributed by atoms with E-state index in [1.807, 2.05) is 36.4 Å². The van der Waals surface area contributed by atoms with Gasteiger partial charge in [0.2, 0.25) is 10.0 Å². The standard InChI is InChI=1S/C23H28ClN3O5S/c24-21-8-4-3-7-20(21)22-16-26(9-14-32-22)23(28)25-15-18-5-1-2-6-19(18)17-33(29,30)27-10-12-31-13-11-27/h1-8,22H,9-17H2,(H,25,28). The second kappa shape index (κ2) is 10.8. The number of nitrogens with one attached hydrogen (secondary N) is 1. The van der Waals surface area contributed by atoms with Crippen LogP contribution in [0.5, 0.6) is 0 Å². The third-order valence-electron chi connectivity index (χ3n) is 5.86. The summed E-state index contributed by atoms with van der Waals surface area (Å²) in [6.45, 7) is 3.06. The van der Waals surface area contributed by atoms with Gasteiger partial charge in [-0.3, -0.25) is 0 Å². The SMILES string of the molecule is O=C(NCc1ccccc1CS(=O)(=O)N1CCOCC1)N1CCOC(c2ccccc2Cl)C1. The van der Waals surface area contributed by atoms with E-state index in [2.05, 4.69) is 5.32 Å². The van der Waals surface area contributed by atoms with Gasteiger partial charge in [0, 0.05) is 36.8 Å². The van der Waals surface area contributed by atoms with Gasteiger partial charge in [0.1, 0.15) is 6.10 Å². The van der Waals surface area contributed by atoms with Crippen LogP contribution in [0.4, 0.5) is 4.79 Å². The molecule has 1 atom stereocenters. The minimum atomic E-state index is -3.46. The molecule has 2 aliphatic heterocycles. The van der Waals surface area contributed by atoms with E-state index in [0.29, 0.717) is 56.6 Å². The second-order valence-corrected chi connectivity index (χ2v) is 10.4. The molecule has 0 bridgehead atoms. The maximum atomic E-state index is 12.9. The fourth-order valence-corrected chi connectivity index (χ4v) is 5.84. The number of hydrogen-bond acceptors (Lipinski definition) is 5. The van der Waals surface area contributed by atoms with E-state index in [-0.39, 0.29) is 24.4 Å². The van der Waals surface area contributed by atoms with Gasteiger partial charge in [-0.25, -0.2) is 13.2 Å². The molecule has 0 aliphatic carbocycles. The molecule has 4 rings (SSSR count). The lowest BCUT2D eigenvalue weighted by Crippen LogP contribution is -2.47. The van der Waals surface area contributed by atoms with Gasteiger partial charge in [0.25, 0.3) is 0 Å². The summed E-state index contributed by atoms with van der Waals surface area (Å²) in [7, 11) is -3.46. The van der Waals surface area contributed by atoms with E-state index >= 15 is 0 Å². The van der Waals surface area contributed by atoms with E-state index in [4.69, 9.17) is 21.1 Å². The Morgan fingerprint density at radius 1 is 1.00 bits per heavy atom. The number of benzene rings is 2. The van der Waals surface area contributed by atoms with E-state index in [9.17, 15) is 13.2 Å². The number of ether oxygens (including phenoxy) is 2. The van der Waals surface area contributed by atoms with Gasteiger partial charge in [0.15, 0.2) is 0 Å². The lowest BCUT2D eigenvalue weighted by molar-refractivity contribution is -0.0154. The number of morpholine rings is 2. The van der Waals surface area contributed by atoms with Crippen LogP contribution >= 0.6 is 11.6 Å². The summed E-state index contributed by atoms with van der Waals surface area (Å²) in [6.07, 6.45) is -0.288. The number of halogens is 1. The van der Waals surface area contributed by atoms with Crippen LogP contribution in [0.25, 0.3) is 0 Å². The number of carbonyl (C=O) groups excluding carboxylic acids is 1. The number of sulfonamides is 1.